The highest BCUT2D eigenvalue weighted by Gasteiger charge is 2.25. The fraction of sp³-hybridized carbons (Fsp3) is 0.385. The molecule has 0 aliphatic rings. The molecule has 0 bridgehead atoms. The minimum atomic E-state index is -3.63. The number of carbonyl (C=O) groups excluding carboxylic acids is 1. The lowest BCUT2D eigenvalue weighted by atomic mass is 10.2. The van der Waals surface area contributed by atoms with Crippen LogP contribution in [0.1, 0.15) is 30.6 Å². The third-order valence-corrected chi connectivity index (χ3v) is 4.93. The topological polar surface area (TPSA) is 78.2 Å². The van der Waals surface area contributed by atoms with Gasteiger partial charge in [0.25, 0.3) is 0 Å². The molecular weight excluding hydrogens is 264 g/mol. The maximum absolute atomic E-state index is 12.3. The largest absolute Gasteiger partial charge is 0.295 e. The summed E-state index contributed by atoms with van der Waals surface area (Å²) in [5.74, 6) is -0.116. The monoisotopic (exact) mass is 280 g/mol. The summed E-state index contributed by atoms with van der Waals surface area (Å²) < 4.78 is 25.7. The fourth-order valence-electron chi connectivity index (χ4n) is 1.53. The number of nitriles is 1. The Morgan fingerprint density at radius 2 is 1.89 bits per heavy atom. The lowest BCUT2D eigenvalue weighted by molar-refractivity contribution is 0.101. The maximum Gasteiger partial charge on any atom is 0.243 e. The Morgan fingerprint density at radius 3 is 2.32 bits per heavy atom. The van der Waals surface area contributed by atoms with Crippen LogP contribution in [0.15, 0.2) is 29.2 Å². The zero-order chi connectivity index (χ0) is 14.6. The zero-order valence-corrected chi connectivity index (χ0v) is 11.9. The van der Waals surface area contributed by atoms with Gasteiger partial charge in [-0.15, -0.1) is 0 Å². The number of Topliss-reactive ketones (excluding diaryl/α,β-unsaturated/α-hetero) is 1. The highest BCUT2D eigenvalue weighted by atomic mass is 32.2. The van der Waals surface area contributed by atoms with Gasteiger partial charge in [-0.05, 0) is 26.0 Å². The SMILES string of the molecule is CC(=O)c1ccc(S(=O)(=O)N(C)C(C)CC#N)cc1. The van der Waals surface area contributed by atoms with Crippen molar-refractivity contribution in [3.8, 4) is 6.07 Å². The van der Waals surface area contributed by atoms with E-state index in [0.29, 0.717) is 5.56 Å². The molecular formula is C13H16N2O3S. The quantitative estimate of drug-likeness (QED) is 0.771. The number of nitrogens with zero attached hydrogens (tertiary/aromatic N) is 2. The predicted octanol–water partition coefficient (Wildman–Crippen LogP) is 1.81. The van der Waals surface area contributed by atoms with Crippen molar-refractivity contribution in [3.63, 3.8) is 0 Å². The molecule has 5 nitrogen and oxygen atoms in total. The van der Waals surface area contributed by atoms with E-state index in [0.717, 1.165) is 0 Å². The summed E-state index contributed by atoms with van der Waals surface area (Å²) in [6, 6.07) is 7.32. The van der Waals surface area contributed by atoms with Gasteiger partial charge in [-0.25, -0.2) is 8.42 Å². The molecule has 6 heteroatoms. The molecule has 1 aromatic carbocycles. The van der Waals surface area contributed by atoms with Crippen LogP contribution in [-0.4, -0.2) is 31.6 Å². The van der Waals surface area contributed by atoms with Gasteiger partial charge in [-0.3, -0.25) is 4.79 Å². The minimum absolute atomic E-state index is 0.116. The number of ketones is 1. The molecule has 0 radical (unpaired) electrons. The van der Waals surface area contributed by atoms with Crippen molar-refractivity contribution in [3.05, 3.63) is 29.8 Å². The van der Waals surface area contributed by atoms with E-state index in [4.69, 9.17) is 5.26 Å². The Balaban J connectivity index is 3.07. The second kappa shape index (κ2) is 5.95. The van der Waals surface area contributed by atoms with Crippen molar-refractivity contribution in [2.45, 2.75) is 31.2 Å². The summed E-state index contributed by atoms with van der Waals surface area (Å²) >= 11 is 0. The summed E-state index contributed by atoms with van der Waals surface area (Å²) in [6.07, 6.45) is 0.126. The first-order valence-electron chi connectivity index (χ1n) is 5.76. The van der Waals surface area contributed by atoms with Crippen molar-refractivity contribution in [1.82, 2.24) is 4.31 Å². The van der Waals surface area contributed by atoms with Gasteiger partial charge in [0.1, 0.15) is 0 Å². The molecule has 102 valence electrons. The molecule has 0 spiro atoms. The van der Waals surface area contributed by atoms with Crippen LogP contribution in [-0.2, 0) is 10.0 Å². The Hall–Kier alpha value is -1.71. The van der Waals surface area contributed by atoms with Gasteiger partial charge in [0, 0.05) is 18.7 Å². The molecule has 0 N–H and O–H groups in total. The van der Waals surface area contributed by atoms with Gasteiger partial charge in [0.05, 0.1) is 17.4 Å². The van der Waals surface area contributed by atoms with E-state index in [9.17, 15) is 13.2 Å². The second-order valence-electron chi connectivity index (χ2n) is 4.31. The van der Waals surface area contributed by atoms with Gasteiger partial charge in [0.2, 0.25) is 10.0 Å². The molecule has 0 fully saturated rings. The molecule has 1 rings (SSSR count). The zero-order valence-electron chi connectivity index (χ0n) is 11.1. The van der Waals surface area contributed by atoms with Crippen LogP contribution in [0.25, 0.3) is 0 Å². The number of sulfonamides is 1. The first-order chi connectivity index (χ1) is 8.80. The lowest BCUT2D eigenvalue weighted by Gasteiger charge is -2.22. The number of carbonyl (C=O) groups is 1. The number of hydrogen-bond acceptors (Lipinski definition) is 4. The van der Waals surface area contributed by atoms with Gasteiger partial charge in [0.15, 0.2) is 5.78 Å². The van der Waals surface area contributed by atoms with Crippen molar-refractivity contribution in [2.24, 2.45) is 0 Å². The number of hydrogen-bond donors (Lipinski definition) is 0. The summed E-state index contributed by atoms with van der Waals surface area (Å²) in [5.41, 5.74) is 0.465. The van der Waals surface area contributed by atoms with Crippen molar-refractivity contribution >= 4 is 15.8 Å². The van der Waals surface area contributed by atoms with Crippen molar-refractivity contribution in [2.75, 3.05) is 7.05 Å². The summed E-state index contributed by atoms with van der Waals surface area (Å²) in [5, 5.41) is 8.61. The Bertz CT molecular complexity index is 600. The van der Waals surface area contributed by atoms with Crippen LogP contribution < -0.4 is 0 Å². The molecule has 1 aromatic rings. The first-order valence-corrected chi connectivity index (χ1v) is 7.20. The summed E-state index contributed by atoms with van der Waals surface area (Å²) in [7, 11) is -2.19. The van der Waals surface area contributed by atoms with Crippen molar-refractivity contribution < 1.29 is 13.2 Å². The van der Waals surface area contributed by atoms with E-state index in [1.165, 1.54) is 42.5 Å². The van der Waals surface area contributed by atoms with Gasteiger partial charge < -0.3 is 0 Å². The molecule has 0 heterocycles. The Labute approximate surface area is 113 Å². The summed E-state index contributed by atoms with van der Waals surface area (Å²) in [4.78, 5) is 11.3. The van der Waals surface area contributed by atoms with E-state index >= 15 is 0 Å². The smallest absolute Gasteiger partial charge is 0.243 e. The minimum Gasteiger partial charge on any atom is -0.295 e. The van der Waals surface area contributed by atoms with E-state index < -0.39 is 16.1 Å². The lowest BCUT2D eigenvalue weighted by Crippen LogP contribution is -2.34. The predicted molar refractivity (Wildman–Crippen MR) is 71.1 cm³/mol. The number of rotatable bonds is 5. The molecule has 0 aliphatic carbocycles. The normalized spacial score (nSPS) is 13.0. The van der Waals surface area contributed by atoms with Crippen LogP contribution >= 0.6 is 0 Å². The van der Waals surface area contributed by atoms with Crippen LogP contribution in [0.2, 0.25) is 0 Å². The third-order valence-electron chi connectivity index (χ3n) is 2.95. The molecule has 1 atom stereocenters. The van der Waals surface area contributed by atoms with E-state index in [1.807, 2.05) is 6.07 Å². The number of benzene rings is 1. The average Bonchev–Trinajstić information content (AvgIpc) is 2.38. The van der Waals surface area contributed by atoms with Crippen LogP contribution in [0.5, 0.6) is 0 Å². The standard InChI is InChI=1S/C13H16N2O3S/c1-10(8-9-14)15(3)19(17,18)13-6-4-12(5-7-13)11(2)16/h4-7,10H,8H2,1-3H3. The molecule has 0 amide bonds. The molecule has 19 heavy (non-hydrogen) atoms. The van der Waals surface area contributed by atoms with Crippen molar-refractivity contribution in [1.29, 1.82) is 5.26 Å². The second-order valence-corrected chi connectivity index (χ2v) is 6.31. The third kappa shape index (κ3) is 3.40. The van der Waals surface area contributed by atoms with Crippen LogP contribution in [0.3, 0.4) is 0 Å². The fourth-order valence-corrected chi connectivity index (χ4v) is 2.89. The highest BCUT2D eigenvalue weighted by Crippen LogP contribution is 2.18. The Kier molecular flexibility index (Phi) is 4.81. The Morgan fingerprint density at radius 1 is 1.37 bits per heavy atom. The molecule has 1 unspecified atom stereocenters. The molecule has 0 aliphatic heterocycles. The van der Waals surface area contributed by atoms with Gasteiger partial charge >= 0.3 is 0 Å². The maximum atomic E-state index is 12.3. The average molecular weight is 280 g/mol. The van der Waals surface area contributed by atoms with Gasteiger partial charge in [-0.1, -0.05) is 12.1 Å². The van der Waals surface area contributed by atoms with Crippen LogP contribution in [0.4, 0.5) is 0 Å². The molecule has 0 saturated carbocycles. The van der Waals surface area contributed by atoms with Crippen LogP contribution in [0, 0.1) is 11.3 Å². The van der Waals surface area contributed by atoms with E-state index in [2.05, 4.69) is 0 Å². The first kappa shape index (κ1) is 15.3. The van der Waals surface area contributed by atoms with E-state index in [-0.39, 0.29) is 17.1 Å². The highest BCUT2D eigenvalue weighted by molar-refractivity contribution is 7.89. The van der Waals surface area contributed by atoms with E-state index in [1.54, 1.807) is 6.92 Å². The molecule has 0 saturated heterocycles. The van der Waals surface area contributed by atoms with Gasteiger partial charge in [-0.2, -0.15) is 9.57 Å². The summed E-state index contributed by atoms with van der Waals surface area (Å²) in [6.45, 7) is 3.09. The molecule has 0 aromatic heterocycles.